The second kappa shape index (κ2) is 8.04. The van der Waals surface area contributed by atoms with Crippen LogP contribution in [-0.4, -0.2) is 14.1 Å². The van der Waals surface area contributed by atoms with Gasteiger partial charge in [0.2, 0.25) is 0 Å². The molecule has 2 aromatic heterocycles. The topological polar surface area (TPSA) is 39.8 Å². The molecule has 32 heavy (non-hydrogen) atoms. The number of hydrogen-bond donors (Lipinski definition) is 0. The first-order valence-corrected chi connectivity index (χ1v) is 10.5. The quantitative estimate of drug-likeness (QED) is 0.371. The molecule has 0 radical (unpaired) electrons. The predicted octanol–water partition coefficient (Wildman–Crippen LogP) is 5.48. The minimum Gasteiger partial charge on any atom is -0.330 e. The number of fused-ring (bicyclic) bond motifs is 3. The van der Waals surface area contributed by atoms with Crippen molar-refractivity contribution in [2.75, 3.05) is 0 Å². The molecule has 1 atom stereocenters. The van der Waals surface area contributed by atoms with Crippen LogP contribution in [-0.2, 0) is 13.1 Å². The normalized spacial score (nSPS) is 12.5. The highest BCUT2D eigenvalue weighted by atomic mass is 19.1. The summed E-state index contributed by atoms with van der Waals surface area (Å²) in [7, 11) is 0. The minimum atomic E-state index is -0.411. The molecule has 0 N–H and O–H groups in total. The molecule has 4 nitrogen and oxygen atoms in total. The van der Waals surface area contributed by atoms with Crippen LogP contribution in [0.4, 0.5) is 8.78 Å². The SMILES string of the molecule is C[C@@H](Cn1cnc2c3cc(F)ccc3n(Cc3ccccc3F)c2c1=O)c1ccccc1. The first-order chi connectivity index (χ1) is 15.5. The molecule has 3 aromatic carbocycles. The van der Waals surface area contributed by atoms with Crippen molar-refractivity contribution in [3.05, 3.63) is 112 Å². The third-order valence-electron chi connectivity index (χ3n) is 5.91. The molecule has 0 spiro atoms. The van der Waals surface area contributed by atoms with E-state index in [-0.39, 0.29) is 23.8 Å². The van der Waals surface area contributed by atoms with Crippen molar-refractivity contribution in [1.29, 1.82) is 0 Å². The minimum absolute atomic E-state index is 0.0926. The maximum absolute atomic E-state index is 14.4. The summed E-state index contributed by atoms with van der Waals surface area (Å²) in [6.07, 6.45) is 1.52. The fourth-order valence-corrected chi connectivity index (χ4v) is 4.25. The molecule has 6 heteroatoms. The summed E-state index contributed by atoms with van der Waals surface area (Å²) >= 11 is 0. The van der Waals surface area contributed by atoms with E-state index in [1.165, 1.54) is 24.5 Å². The van der Waals surface area contributed by atoms with Gasteiger partial charge in [0.1, 0.15) is 22.7 Å². The molecule has 0 aliphatic rings. The van der Waals surface area contributed by atoms with Crippen LogP contribution >= 0.6 is 0 Å². The molecule has 0 unspecified atom stereocenters. The standard InChI is InChI=1S/C26H21F2N3O/c1-17(18-7-3-2-4-8-18)14-30-16-29-24-21-13-20(27)11-12-23(21)31(25(24)26(30)32)15-19-9-5-6-10-22(19)28/h2-13,16-17H,14-15H2,1H3/t17-/m0/s1. The summed E-state index contributed by atoms with van der Waals surface area (Å²) in [5.74, 6) is -0.673. The summed E-state index contributed by atoms with van der Waals surface area (Å²) < 4.78 is 31.8. The van der Waals surface area contributed by atoms with Gasteiger partial charge in [-0.3, -0.25) is 9.36 Å². The highest BCUT2D eigenvalue weighted by Gasteiger charge is 2.19. The fraction of sp³-hybridized carbons (Fsp3) is 0.154. The maximum Gasteiger partial charge on any atom is 0.277 e. The molecule has 0 aliphatic carbocycles. The molecule has 0 aliphatic heterocycles. The highest BCUT2D eigenvalue weighted by molar-refractivity contribution is 6.05. The Hall–Kier alpha value is -3.80. The van der Waals surface area contributed by atoms with Crippen LogP contribution < -0.4 is 5.56 Å². The van der Waals surface area contributed by atoms with E-state index in [4.69, 9.17) is 0 Å². The van der Waals surface area contributed by atoms with Gasteiger partial charge >= 0.3 is 0 Å². The van der Waals surface area contributed by atoms with Gasteiger partial charge in [0.15, 0.2) is 0 Å². The van der Waals surface area contributed by atoms with Gasteiger partial charge in [-0.15, -0.1) is 0 Å². The van der Waals surface area contributed by atoms with E-state index in [2.05, 4.69) is 11.9 Å². The Kier molecular flexibility index (Phi) is 5.05. The first kappa shape index (κ1) is 20.1. The van der Waals surface area contributed by atoms with E-state index < -0.39 is 5.82 Å². The van der Waals surface area contributed by atoms with Gasteiger partial charge in [0.05, 0.1) is 18.4 Å². The van der Waals surface area contributed by atoms with E-state index in [1.54, 1.807) is 33.4 Å². The van der Waals surface area contributed by atoms with Crippen LogP contribution in [0.3, 0.4) is 0 Å². The number of rotatable bonds is 5. The van der Waals surface area contributed by atoms with Gasteiger partial charge in [-0.2, -0.15) is 0 Å². The number of halogens is 2. The molecule has 0 bridgehead atoms. The largest absolute Gasteiger partial charge is 0.330 e. The average molecular weight is 429 g/mol. The number of nitrogens with zero attached hydrogens (tertiary/aromatic N) is 3. The Bertz CT molecular complexity index is 1490. The lowest BCUT2D eigenvalue weighted by molar-refractivity contribution is 0.574. The van der Waals surface area contributed by atoms with Crippen LogP contribution in [0.5, 0.6) is 0 Å². The van der Waals surface area contributed by atoms with Gasteiger partial charge < -0.3 is 4.57 Å². The predicted molar refractivity (Wildman–Crippen MR) is 122 cm³/mol. The van der Waals surface area contributed by atoms with Crippen molar-refractivity contribution in [2.24, 2.45) is 0 Å². The van der Waals surface area contributed by atoms with E-state index in [0.717, 1.165) is 5.56 Å². The van der Waals surface area contributed by atoms with Crippen molar-refractivity contribution >= 4 is 21.9 Å². The second-order valence-electron chi connectivity index (χ2n) is 8.05. The van der Waals surface area contributed by atoms with E-state index in [0.29, 0.717) is 34.0 Å². The van der Waals surface area contributed by atoms with Crippen molar-refractivity contribution in [1.82, 2.24) is 14.1 Å². The van der Waals surface area contributed by atoms with E-state index in [1.807, 2.05) is 30.3 Å². The van der Waals surface area contributed by atoms with Gasteiger partial charge in [-0.25, -0.2) is 13.8 Å². The summed E-state index contributed by atoms with van der Waals surface area (Å²) in [6.45, 7) is 2.64. The lowest BCUT2D eigenvalue weighted by atomic mass is 10.0. The van der Waals surface area contributed by atoms with Crippen LogP contribution in [0.15, 0.2) is 83.9 Å². The zero-order valence-electron chi connectivity index (χ0n) is 17.5. The molecular formula is C26H21F2N3O. The molecule has 5 aromatic rings. The van der Waals surface area contributed by atoms with Crippen LogP contribution in [0.25, 0.3) is 21.9 Å². The third-order valence-corrected chi connectivity index (χ3v) is 5.91. The molecule has 0 amide bonds. The zero-order valence-corrected chi connectivity index (χ0v) is 17.5. The Morgan fingerprint density at radius 1 is 0.969 bits per heavy atom. The summed E-state index contributed by atoms with van der Waals surface area (Å²) in [5, 5.41) is 0.539. The monoisotopic (exact) mass is 429 g/mol. The van der Waals surface area contributed by atoms with Gasteiger partial charge in [0, 0.05) is 17.5 Å². The number of hydrogen-bond acceptors (Lipinski definition) is 2. The van der Waals surface area contributed by atoms with Crippen molar-refractivity contribution in [3.63, 3.8) is 0 Å². The molecule has 0 fully saturated rings. The highest BCUT2D eigenvalue weighted by Crippen LogP contribution is 2.28. The van der Waals surface area contributed by atoms with Crippen molar-refractivity contribution < 1.29 is 8.78 Å². The van der Waals surface area contributed by atoms with Crippen LogP contribution in [0, 0.1) is 11.6 Å². The van der Waals surface area contributed by atoms with Gasteiger partial charge in [-0.1, -0.05) is 55.5 Å². The molecule has 0 saturated heterocycles. The molecule has 0 saturated carbocycles. The zero-order chi connectivity index (χ0) is 22.2. The van der Waals surface area contributed by atoms with E-state index in [9.17, 15) is 13.6 Å². The summed E-state index contributed by atoms with van der Waals surface area (Å²) in [5.41, 5.74) is 2.74. The third kappa shape index (κ3) is 3.47. The Morgan fingerprint density at radius 3 is 2.50 bits per heavy atom. The van der Waals surface area contributed by atoms with Crippen molar-refractivity contribution in [2.45, 2.75) is 25.9 Å². The second-order valence-corrected chi connectivity index (χ2v) is 8.05. The Labute approximate surface area is 183 Å². The molecule has 2 heterocycles. The average Bonchev–Trinajstić information content (AvgIpc) is 3.11. The van der Waals surface area contributed by atoms with Crippen LogP contribution in [0.2, 0.25) is 0 Å². The molecule has 160 valence electrons. The lowest BCUT2D eigenvalue weighted by Gasteiger charge is -2.14. The molecule has 5 rings (SSSR count). The Morgan fingerprint density at radius 2 is 1.72 bits per heavy atom. The summed E-state index contributed by atoms with van der Waals surface area (Å²) in [6, 6.07) is 20.7. The fourth-order valence-electron chi connectivity index (χ4n) is 4.25. The van der Waals surface area contributed by atoms with Gasteiger partial charge in [0.25, 0.3) is 5.56 Å². The smallest absolute Gasteiger partial charge is 0.277 e. The summed E-state index contributed by atoms with van der Waals surface area (Å²) in [4.78, 5) is 18.1. The number of benzene rings is 3. The lowest BCUT2D eigenvalue weighted by Crippen LogP contribution is -2.24. The maximum atomic E-state index is 14.4. The molecular weight excluding hydrogens is 408 g/mol. The van der Waals surface area contributed by atoms with Crippen molar-refractivity contribution in [3.8, 4) is 0 Å². The number of aromatic nitrogens is 3. The Balaban J connectivity index is 1.69. The van der Waals surface area contributed by atoms with E-state index >= 15 is 0 Å². The van der Waals surface area contributed by atoms with Crippen LogP contribution in [0.1, 0.15) is 24.0 Å². The van der Waals surface area contributed by atoms with Gasteiger partial charge in [-0.05, 0) is 35.7 Å². The first-order valence-electron chi connectivity index (χ1n) is 10.5.